The van der Waals surface area contributed by atoms with Gasteiger partial charge in [-0.15, -0.1) is 0 Å². The molecule has 0 radical (unpaired) electrons. The average Bonchev–Trinajstić information content (AvgIpc) is 3.44. The fourth-order valence-corrected chi connectivity index (χ4v) is 3.11. The summed E-state index contributed by atoms with van der Waals surface area (Å²) in [7, 11) is 0. The van der Waals surface area contributed by atoms with Crippen LogP contribution >= 0.6 is 0 Å². The van der Waals surface area contributed by atoms with Gasteiger partial charge in [-0.05, 0) is 58.4 Å². The van der Waals surface area contributed by atoms with Crippen LogP contribution < -0.4 is 11.1 Å². The van der Waals surface area contributed by atoms with Gasteiger partial charge in [0, 0.05) is 37.0 Å². The smallest absolute Gasteiger partial charge is 0.410 e. The average molecular weight is 389 g/mol. The Morgan fingerprint density at radius 2 is 1.96 bits per heavy atom. The first-order valence-electron chi connectivity index (χ1n) is 10.1. The molecule has 3 rings (SSSR count). The van der Waals surface area contributed by atoms with E-state index in [-0.39, 0.29) is 12.1 Å². The third-order valence-corrected chi connectivity index (χ3v) is 4.97. The molecule has 3 aliphatic rings. The summed E-state index contributed by atoms with van der Waals surface area (Å²) in [4.78, 5) is 13.9. The van der Waals surface area contributed by atoms with E-state index >= 15 is 0 Å². The van der Waals surface area contributed by atoms with Crippen molar-refractivity contribution >= 4 is 11.8 Å². The van der Waals surface area contributed by atoms with E-state index in [0.29, 0.717) is 42.8 Å². The molecular weight excluding hydrogens is 356 g/mol. The summed E-state index contributed by atoms with van der Waals surface area (Å²) in [6.07, 6.45) is 9.17. The molecule has 7 heteroatoms. The number of likely N-dealkylation sites (tertiary alicyclic amines) is 1. The molecule has 0 aromatic rings. The van der Waals surface area contributed by atoms with Gasteiger partial charge in [-0.1, -0.05) is 0 Å². The number of allylic oxidation sites excluding steroid dienone is 3. The van der Waals surface area contributed by atoms with E-state index in [1.165, 1.54) is 12.8 Å². The van der Waals surface area contributed by atoms with Gasteiger partial charge in [0.2, 0.25) is 0 Å². The van der Waals surface area contributed by atoms with Crippen LogP contribution in [0.25, 0.3) is 0 Å². The molecule has 0 bridgehead atoms. The van der Waals surface area contributed by atoms with Crippen molar-refractivity contribution in [3.8, 4) is 0 Å². The van der Waals surface area contributed by atoms with Crippen molar-refractivity contribution in [3.05, 3.63) is 35.4 Å². The second-order valence-corrected chi connectivity index (χ2v) is 8.78. The first-order chi connectivity index (χ1) is 13.2. The zero-order valence-corrected chi connectivity index (χ0v) is 17.1. The number of carbonyl (C=O) groups is 1. The van der Waals surface area contributed by atoms with Crippen LogP contribution in [0.3, 0.4) is 0 Å². The lowest BCUT2D eigenvalue weighted by Gasteiger charge is -2.33. The van der Waals surface area contributed by atoms with Crippen LogP contribution in [0.15, 0.2) is 35.4 Å². The fourth-order valence-electron chi connectivity index (χ4n) is 3.11. The quantitative estimate of drug-likeness (QED) is 0.672. The summed E-state index contributed by atoms with van der Waals surface area (Å²) < 4.78 is 11.2. The number of nitrogens with one attached hydrogen (secondary N) is 2. The molecular formula is C21H32N4O3. The minimum Gasteiger partial charge on any atom is -0.491 e. The Morgan fingerprint density at radius 1 is 1.29 bits per heavy atom. The Balaban J connectivity index is 1.47. The monoisotopic (exact) mass is 388 g/mol. The maximum atomic E-state index is 12.1. The second kappa shape index (κ2) is 8.29. The van der Waals surface area contributed by atoms with Gasteiger partial charge >= 0.3 is 6.09 Å². The molecule has 0 aromatic carbocycles. The number of nitrogens with two attached hydrogens (primary N) is 1. The zero-order chi connectivity index (χ0) is 20.3. The molecule has 1 amide bonds. The molecule has 2 aliphatic carbocycles. The van der Waals surface area contributed by atoms with Crippen LogP contribution in [-0.2, 0) is 9.47 Å². The Bertz CT molecular complexity index is 706. The summed E-state index contributed by atoms with van der Waals surface area (Å²) in [6, 6.07) is 0.255. The Labute approximate surface area is 167 Å². The van der Waals surface area contributed by atoms with Crippen molar-refractivity contribution in [2.45, 2.75) is 58.1 Å². The minimum absolute atomic E-state index is 0.252. The molecule has 0 unspecified atom stereocenters. The number of ether oxygens (including phenoxy) is 2. The summed E-state index contributed by atoms with van der Waals surface area (Å²) in [5.74, 6) is 1.24. The summed E-state index contributed by atoms with van der Waals surface area (Å²) in [5.41, 5.74) is 7.31. The van der Waals surface area contributed by atoms with Crippen LogP contribution in [0, 0.1) is 11.3 Å². The molecule has 1 heterocycles. The van der Waals surface area contributed by atoms with Gasteiger partial charge < -0.3 is 30.8 Å². The van der Waals surface area contributed by atoms with Gasteiger partial charge in [-0.3, -0.25) is 0 Å². The van der Waals surface area contributed by atoms with E-state index in [4.69, 9.17) is 20.6 Å². The number of rotatable bonds is 5. The summed E-state index contributed by atoms with van der Waals surface area (Å²) in [5, 5.41) is 11.6. The van der Waals surface area contributed by atoms with E-state index in [1.54, 1.807) is 17.1 Å². The van der Waals surface area contributed by atoms with E-state index in [1.807, 2.05) is 27.0 Å². The van der Waals surface area contributed by atoms with E-state index in [2.05, 4.69) is 5.32 Å². The number of hydrogen-bond acceptors (Lipinski definition) is 6. The lowest BCUT2D eigenvalue weighted by Crippen LogP contribution is -2.45. The highest BCUT2D eigenvalue weighted by molar-refractivity contribution is 6.10. The van der Waals surface area contributed by atoms with Crippen LogP contribution in [0.1, 0.15) is 46.5 Å². The van der Waals surface area contributed by atoms with Crippen molar-refractivity contribution in [2.75, 3.05) is 19.7 Å². The molecule has 1 saturated heterocycles. The third-order valence-electron chi connectivity index (χ3n) is 4.97. The van der Waals surface area contributed by atoms with Crippen molar-refractivity contribution in [3.63, 3.8) is 0 Å². The highest BCUT2D eigenvalue weighted by atomic mass is 16.6. The first kappa shape index (κ1) is 20.3. The third kappa shape index (κ3) is 5.78. The maximum Gasteiger partial charge on any atom is 0.410 e. The van der Waals surface area contributed by atoms with Crippen LogP contribution in [-0.4, -0.2) is 48.0 Å². The van der Waals surface area contributed by atoms with Gasteiger partial charge in [0.15, 0.2) is 0 Å². The number of piperidine rings is 1. The molecule has 0 atom stereocenters. The highest BCUT2D eigenvalue weighted by Crippen LogP contribution is 2.30. The molecule has 7 nitrogen and oxygen atoms in total. The molecule has 0 aromatic heterocycles. The topological polar surface area (TPSA) is 101 Å². The van der Waals surface area contributed by atoms with Crippen molar-refractivity contribution in [2.24, 2.45) is 11.7 Å². The van der Waals surface area contributed by atoms with Crippen molar-refractivity contribution in [1.29, 1.82) is 5.41 Å². The van der Waals surface area contributed by atoms with Crippen LogP contribution in [0.2, 0.25) is 0 Å². The lowest BCUT2D eigenvalue weighted by molar-refractivity contribution is 0.0201. The van der Waals surface area contributed by atoms with E-state index < -0.39 is 5.60 Å². The summed E-state index contributed by atoms with van der Waals surface area (Å²) in [6.45, 7) is 7.62. The fraction of sp³-hybridized carbons (Fsp3) is 0.619. The first-order valence-corrected chi connectivity index (χ1v) is 10.1. The Morgan fingerprint density at radius 3 is 2.57 bits per heavy atom. The van der Waals surface area contributed by atoms with Gasteiger partial charge in [0.25, 0.3) is 0 Å². The standard InChI is InChI=1S/C21H32N4O3/c1-21(2,3)28-20(26)25-8-6-16(7-9-25)24-12-15-10-18(23)19(11-17(15)22)27-13-14-4-5-14/h10-12,14,16,22,24H,4-9,13,23H2,1-3H3/b15-12-,22-17?. The highest BCUT2D eigenvalue weighted by Gasteiger charge is 2.27. The van der Waals surface area contributed by atoms with Crippen molar-refractivity contribution < 1.29 is 14.3 Å². The predicted octanol–water partition coefficient (Wildman–Crippen LogP) is 3.05. The van der Waals surface area contributed by atoms with Gasteiger partial charge in [-0.25, -0.2) is 4.79 Å². The lowest BCUT2D eigenvalue weighted by atomic mass is 10.0. The SMILES string of the molecule is CC(C)(C)OC(=O)N1CCC(N/C=C2/C=C(N)C(OCC3CC3)=CC2=N)CC1. The van der Waals surface area contributed by atoms with Gasteiger partial charge in [0.1, 0.15) is 11.4 Å². The minimum atomic E-state index is -0.473. The number of carbonyl (C=O) groups excluding carboxylic acids is 1. The molecule has 4 N–H and O–H groups in total. The number of hydrogen-bond donors (Lipinski definition) is 3. The van der Waals surface area contributed by atoms with Crippen LogP contribution in [0.4, 0.5) is 4.79 Å². The zero-order valence-electron chi connectivity index (χ0n) is 17.1. The van der Waals surface area contributed by atoms with Gasteiger partial charge in [0.05, 0.1) is 18.0 Å². The van der Waals surface area contributed by atoms with Crippen LogP contribution in [0.5, 0.6) is 0 Å². The largest absolute Gasteiger partial charge is 0.491 e. The normalized spacial score (nSPS) is 22.6. The Kier molecular flexibility index (Phi) is 6.01. The number of nitrogens with zero attached hydrogens (tertiary/aromatic N) is 1. The molecule has 1 aliphatic heterocycles. The predicted molar refractivity (Wildman–Crippen MR) is 109 cm³/mol. The van der Waals surface area contributed by atoms with Gasteiger partial charge in [-0.2, -0.15) is 0 Å². The second-order valence-electron chi connectivity index (χ2n) is 8.78. The number of amides is 1. The molecule has 2 fully saturated rings. The Hall–Kier alpha value is -2.44. The summed E-state index contributed by atoms with van der Waals surface area (Å²) >= 11 is 0. The van der Waals surface area contributed by atoms with Crippen molar-refractivity contribution in [1.82, 2.24) is 10.2 Å². The molecule has 1 saturated carbocycles. The van der Waals surface area contributed by atoms with E-state index in [0.717, 1.165) is 18.4 Å². The van der Waals surface area contributed by atoms with E-state index in [9.17, 15) is 4.79 Å². The molecule has 0 spiro atoms. The molecule has 154 valence electrons. The molecule has 28 heavy (non-hydrogen) atoms. The maximum absolute atomic E-state index is 12.1.